The summed E-state index contributed by atoms with van der Waals surface area (Å²) < 4.78 is 7.43. The van der Waals surface area contributed by atoms with Gasteiger partial charge in [0.2, 0.25) is 0 Å². The van der Waals surface area contributed by atoms with E-state index in [1.54, 1.807) is 52.5 Å². The van der Waals surface area contributed by atoms with E-state index in [0.717, 1.165) is 36.6 Å². The van der Waals surface area contributed by atoms with Crippen LogP contribution in [0, 0.1) is 0 Å². The molecule has 0 saturated heterocycles. The van der Waals surface area contributed by atoms with Crippen LogP contribution >= 0.6 is 46.2 Å². The van der Waals surface area contributed by atoms with E-state index in [2.05, 4.69) is 27.5 Å². The summed E-state index contributed by atoms with van der Waals surface area (Å²) in [6, 6.07) is 3.81. The Labute approximate surface area is 145 Å². The average molecular weight is 370 g/mol. The van der Waals surface area contributed by atoms with Crippen molar-refractivity contribution >= 4 is 46.2 Å². The molecule has 0 aliphatic carbocycles. The summed E-state index contributed by atoms with van der Waals surface area (Å²) in [7, 11) is 0. The molecule has 0 atom stereocenters. The molecule has 0 radical (unpaired) electrons. The Balaban J connectivity index is 1.52. The van der Waals surface area contributed by atoms with Gasteiger partial charge in [-0.05, 0) is 18.6 Å². The van der Waals surface area contributed by atoms with Gasteiger partial charge in [0, 0.05) is 16.9 Å². The first-order valence-corrected chi connectivity index (χ1v) is 10.6. The van der Waals surface area contributed by atoms with Gasteiger partial charge < -0.3 is 4.42 Å². The highest BCUT2D eigenvalue weighted by atomic mass is 32.2. The molecule has 116 valence electrons. The number of furan rings is 1. The summed E-state index contributed by atoms with van der Waals surface area (Å²) in [4.78, 5) is 4.59. The molecule has 0 aliphatic rings. The van der Waals surface area contributed by atoms with Crippen molar-refractivity contribution < 1.29 is 4.42 Å². The minimum absolute atomic E-state index is 0.811. The van der Waals surface area contributed by atoms with E-state index in [9.17, 15) is 0 Å². The molecule has 22 heavy (non-hydrogen) atoms. The number of thioether (sulfide) groups is 2. The zero-order valence-corrected chi connectivity index (χ0v) is 15.3. The molecule has 8 heteroatoms. The number of unbranched alkanes of at least 4 members (excludes halogenated alkanes) is 1. The second-order valence-electron chi connectivity index (χ2n) is 4.45. The molecule has 3 heterocycles. The normalized spacial score (nSPS) is 11.1. The summed E-state index contributed by atoms with van der Waals surface area (Å²) in [6.45, 7) is 2.20. The summed E-state index contributed by atoms with van der Waals surface area (Å²) in [5.41, 5.74) is 1.05. The maximum Gasteiger partial charge on any atom is 0.175 e. The largest absolute Gasteiger partial charge is 0.462 e. The molecule has 0 spiro atoms. The third-order valence-electron chi connectivity index (χ3n) is 2.74. The topological polar surface area (TPSA) is 51.8 Å². The summed E-state index contributed by atoms with van der Waals surface area (Å²) in [5.74, 6) is 2.76. The van der Waals surface area contributed by atoms with Gasteiger partial charge in [0.15, 0.2) is 19.4 Å². The fourth-order valence-electron chi connectivity index (χ4n) is 1.64. The Kier molecular flexibility index (Phi) is 5.94. The van der Waals surface area contributed by atoms with Crippen LogP contribution in [0.5, 0.6) is 0 Å². The third kappa shape index (κ3) is 4.34. The predicted molar refractivity (Wildman–Crippen MR) is 94.9 cm³/mol. The molecule has 0 N–H and O–H groups in total. The second kappa shape index (κ2) is 8.14. The Morgan fingerprint density at radius 1 is 1.23 bits per heavy atom. The minimum Gasteiger partial charge on any atom is -0.462 e. The van der Waals surface area contributed by atoms with Gasteiger partial charge in [-0.3, -0.25) is 0 Å². The van der Waals surface area contributed by atoms with Gasteiger partial charge in [0.1, 0.15) is 0 Å². The van der Waals surface area contributed by atoms with E-state index >= 15 is 0 Å². The van der Waals surface area contributed by atoms with Crippen molar-refractivity contribution in [1.82, 2.24) is 15.2 Å². The molecule has 0 amide bonds. The summed E-state index contributed by atoms with van der Waals surface area (Å²) >= 11 is 6.76. The van der Waals surface area contributed by atoms with Crippen LogP contribution in [0.4, 0.5) is 0 Å². The molecule has 0 unspecified atom stereocenters. The summed E-state index contributed by atoms with van der Waals surface area (Å²) in [5, 5.41) is 11.5. The van der Waals surface area contributed by atoms with Crippen molar-refractivity contribution in [2.24, 2.45) is 0 Å². The lowest BCUT2D eigenvalue weighted by molar-refractivity contribution is 0.581. The zero-order valence-electron chi connectivity index (χ0n) is 12.0. The molecular formula is C14H15N3OS4. The first-order valence-electron chi connectivity index (χ1n) is 6.92. The number of nitrogens with zero attached hydrogens (tertiary/aromatic N) is 3. The van der Waals surface area contributed by atoms with Crippen molar-refractivity contribution in [2.75, 3.05) is 5.75 Å². The Bertz CT molecular complexity index is 693. The van der Waals surface area contributed by atoms with Crippen LogP contribution in [0.3, 0.4) is 0 Å². The Hall–Kier alpha value is -0.830. The van der Waals surface area contributed by atoms with E-state index in [1.165, 1.54) is 12.8 Å². The molecule has 3 aromatic heterocycles. The fraction of sp³-hybridized carbons (Fsp3) is 0.357. The number of thiazole rings is 1. The average Bonchev–Trinajstić information content (AvgIpc) is 3.26. The molecule has 0 aliphatic heterocycles. The number of hydrogen-bond donors (Lipinski definition) is 0. The van der Waals surface area contributed by atoms with Gasteiger partial charge >= 0.3 is 0 Å². The standard InChI is InChI=1S/C14H15N3OS4/c1-2-3-7-19-13-16-17-14(22-13)21-9-10-8-20-12(15-10)11-5-4-6-18-11/h4-6,8H,2-3,7,9H2,1H3. The lowest BCUT2D eigenvalue weighted by atomic mass is 10.4. The Morgan fingerprint density at radius 3 is 2.86 bits per heavy atom. The third-order valence-corrected chi connectivity index (χ3v) is 6.95. The molecule has 0 fully saturated rings. The highest BCUT2D eigenvalue weighted by Crippen LogP contribution is 2.32. The molecule has 0 aromatic carbocycles. The minimum atomic E-state index is 0.811. The van der Waals surface area contributed by atoms with Gasteiger partial charge in [-0.2, -0.15) is 0 Å². The second-order valence-corrected chi connectivity index (χ2v) is 8.85. The first-order chi connectivity index (χ1) is 10.8. The van der Waals surface area contributed by atoms with Crippen molar-refractivity contribution in [3.63, 3.8) is 0 Å². The van der Waals surface area contributed by atoms with E-state index in [1.807, 2.05) is 12.1 Å². The monoisotopic (exact) mass is 369 g/mol. The van der Waals surface area contributed by atoms with Crippen molar-refractivity contribution in [3.05, 3.63) is 29.5 Å². The van der Waals surface area contributed by atoms with Crippen LogP contribution in [-0.4, -0.2) is 20.9 Å². The van der Waals surface area contributed by atoms with Gasteiger partial charge in [0.25, 0.3) is 0 Å². The van der Waals surface area contributed by atoms with Crippen LogP contribution in [0.15, 0.2) is 36.9 Å². The maximum absolute atomic E-state index is 5.36. The number of hydrogen-bond acceptors (Lipinski definition) is 8. The first kappa shape index (κ1) is 16.0. The smallest absolute Gasteiger partial charge is 0.175 e. The highest BCUT2D eigenvalue weighted by Gasteiger charge is 2.09. The fourth-order valence-corrected chi connectivity index (χ4v) is 5.60. The lowest BCUT2D eigenvalue weighted by Gasteiger charge is -1.93. The van der Waals surface area contributed by atoms with Crippen molar-refractivity contribution in [1.29, 1.82) is 0 Å². The van der Waals surface area contributed by atoms with Crippen LogP contribution in [-0.2, 0) is 5.75 Å². The van der Waals surface area contributed by atoms with E-state index in [0.29, 0.717) is 0 Å². The lowest BCUT2D eigenvalue weighted by Crippen LogP contribution is -1.81. The molecule has 3 rings (SSSR count). The summed E-state index contributed by atoms with van der Waals surface area (Å²) in [6.07, 6.45) is 4.11. The number of rotatable bonds is 8. The molecule has 3 aromatic rings. The van der Waals surface area contributed by atoms with E-state index in [4.69, 9.17) is 4.42 Å². The Morgan fingerprint density at radius 2 is 2.09 bits per heavy atom. The molecule has 4 nitrogen and oxygen atoms in total. The van der Waals surface area contributed by atoms with Crippen LogP contribution in [0.1, 0.15) is 25.5 Å². The van der Waals surface area contributed by atoms with Gasteiger partial charge in [-0.15, -0.1) is 21.5 Å². The van der Waals surface area contributed by atoms with Crippen LogP contribution < -0.4 is 0 Å². The van der Waals surface area contributed by atoms with E-state index in [-0.39, 0.29) is 0 Å². The van der Waals surface area contributed by atoms with Crippen LogP contribution in [0.25, 0.3) is 10.8 Å². The SMILES string of the molecule is CCCCSc1nnc(SCc2csc(-c3ccco3)n2)s1. The van der Waals surface area contributed by atoms with Gasteiger partial charge in [-0.25, -0.2) is 4.98 Å². The van der Waals surface area contributed by atoms with Crippen LogP contribution in [0.2, 0.25) is 0 Å². The van der Waals surface area contributed by atoms with E-state index < -0.39 is 0 Å². The molecule has 0 saturated carbocycles. The van der Waals surface area contributed by atoms with Gasteiger partial charge in [-0.1, -0.05) is 48.2 Å². The zero-order chi connectivity index (χ0) is 15.2. The quantitative estimate of drug-likeness (QED) is 0.389. The molecule has 0 bridgehead atoms. The highest BCUT2D eigenvalue weighted by molar-refractivity contribution is 8.02. The van der Waals surface area contributed by atoms with Crippen molar-refractivity contribution in [2.45, 2.75) is 34.2 Å². The predicted octanol–water partition coefficient (Wildman–Crippen LogP) is 5.44. The maximum atomic E-state index is 5.36. The number of aromatic nitrogens is 3. The van der Waals surface area contributed by atoms with Gasteiger partial charge in [0.05, 0.1) is 12.0 Å². The molecular weight excluding hydrogens is 354 g/mol. The van der Waals surface area contributed by atoms with Crippen molar-refractivity contribution in [3.8, 4) is 10.8 Å².